The van der Waals surface area contributed by atoms with Crippen LogP contribution < -0.4 is 0 Å². The monoisotopic (exact) mass is 395 g/mol. The zero-order valence-electron chi connectivity index (χ0n) is 10.5. The maximum Gasteiger partial charge on any atom is 0.422 e. The van der Waals surface area contributed by atoms with Crippen molar-refractivity contribution in [1.82, 2.24) is 4.90 Å². The number of unbranched alkanes of at least 4 members (excludes halogenated alkanes) is 2. The summed E-state index contributed by atoms with van der Waals surface area (Å²) in [6, 6.07) is 0. The molecule has 0 N–H and O–H groups in total. The van der Waals surface area contributed by atoms with Crippen LogP contribution in [-0.2, 0) is 4.79 Å². The van der Waals surface area contributed by atoms with Crippen LogP contribution in [0.2, 0.25) is 0 Å². The Hall–Kier alpha value is 0.220. The van der Waals surface area contributed by atoms with E-state index in [9.17, 15) is 18.0 Å². The third kappa shape index (κ3) is 5.07. The van der Waals surface area contributed by atoms with E-state index in [-0.39, 0.29) is 0 Å². The van der Waals surface area contributed by atoms with Gasteiger partial charge in [0.15, 0.2) is 0 Å². The summed E-state index contributed by atoms with van der Waals surface area (Å²) in [5, 5.41) is 0. The molecule has 108 valence electrons. The van der Waals surface area contributed by atoms with Crippen molar-refractivity contribution in [2.75, 3.05) is 13.1 Å². The second-order valence-electron chi connectivity index (χ2n) is 4.07. The van der Waals surface area contributed by atoms with Crippen LogP contribution in [0.3, 0.4) is 0 Å². The van der Waals surface area contributed by atoms with E-state index in [1.165, 1.54) is 4.90 Å². The predicted molar refractivity (Wildman–Crippen MR) is 73.0 cm³/mol. The van der Waals surface area contributed by atoms with Gasteiger partial charge in [-0.15, -0.1) is 0 Å². The topological polar surface area (TPSA) is 20.3 Å². The van der Waals surface area contributed by atoms with Gasteiger partial charge < -0.3 is 4.90 Å². The maximum absolute atomic E-state index is 12.7. The normalized spacial score (nSPS) is 12.6. The minimum atomic E-state index is -4.67. The Morgan fingerprint density at radius 1 is 1.06 bits per heavy atom. The number of hydrogen-bond donors (Lipinski definition) is 0. The van der Waals surface area contributed by atoms with Crippen molar-refractivity contribution in [2.45, 2.75) is 48.9 Å². The highest BCUT2D eigenvalue weighted by molar-refractivity contribution is 9.26. The van der Waals surface area contributed by atoms with Crippen molar-refractivity contribution in [2.24, 2.45) is 0 Å². The van der Waals surface area contributed by atoms with Gasteiger partial charge in [-0.1, -0.05) is 58.5 Å². The quantitative estimate of drug-likeness (QED) is 0.581. The van der Waals surface area contributed by atoms with Crippen LogP contribution in [-0.4, -0.2) is 33.3 Å². The summed E-state index contributed by atoms with van der Waals surface area (Å²) in [6.07, 6.45) is -1.60. The zero-order chi connectivity index (χ0) is 14.4. The molecular formula is C11H18Br2F3NO. The molecule has 7 heteroatoms. The standard InChI is InChI=1S/C11H18Br2F3NO/c1-3-5-7-17(8-6-4-2)9(18)10(12,13)11(14,15)16/h3-8H2,1-2H3. The highest BCUT2D eigenvalue weighted by Crippen LogP contribution is 2.44. The van der Waals surface area contributed by atoms with E-state index in [2.05, 4.69) is 31.9 Å². The van der Waals surface area contributed by atoms with E-state index < -0.39 is 15.3 Å². The molecule has 0 aromatic rings. The molecule has 2 nitrogen and oxygen atoms in total. The van der Waals surface area contributed by atoms with E-state index in [4.69, 9.17) is 0 Å². The minimum absolute atomic E-state index is 0.352. The van der Waals surface area contributed by atoms with E-state index in [0.29, 0.717) is 25.9 Å². The van der Waals surface area contributed by atoms with Crippen LogP contribution in [0.4, 0.5) is 13.2 Å². The average Bonchev–Trinajstić information content (AvgIpc) is 2.27. The summed E-state index contributed by atoms with van der Waals surface area (Å²) in [5.41, 5.74) is 0. The largest absolute Gasteiger partial charge is 0.422 e. The summed E-state index contributed by atoms with van der Waals surface area (Å²) >= 11 is 4.91. The molecule has 0 spiro atoms. The summed E-state index contributed by atoms with van der Waals surface area (Å²) in [7, 11) is 0. The second kappa shape index (κ2) is 7.72. The van der Waals surface area contributed by atoms with Gasteiger partial charge in [0.05, 0.1) is 0 Å². The number of halogens is 5. The number of carbonyl (C=O) groups excluding carboxylic acids is 1. The number of carbonyl (C=O) groups is 1. The van der Waals surface area contributed by atoms with E-state index >= 15 is 0 Å². The Labute approximate surface area is 123 Å². The summed E-state index contributed by atoms with van der Waals surface area (Å²) < 4.78 is 35.6. The minimum Gasteiger partial charge on any atom is -0.340 e. The number of amides is 1. The fourth-order valence-electron chi connectivity index (χ4n) is 1.33. The summed E-state index contributed by atoms with van der Waals surface area (Å²) in [6.45, 7) is 4.57. The Morgan fingerprint density at radius 3 is 1.72 bits per heavy atom. The summed E-state index contributed by atoms with van der Waals surface area (Å²) in [4.78, 5) is 13.2. The van der Waals surface area contributed by atoms with Crippen molar-refractivity contribution < 1.29 is 18.0 Å². The average molecular weight is 397 g/mol. The molecule has 0 saturated heterocycles. The Kier molecular flexibility index (Phi) is 7.82. The molecule has 18 heavy (non-hydrogen) atoms. The maximum atomic E-state index is 12.7. The fraction of sp³-hybridized carbons (Fsp3) is 0.909. The lowest BCUT2D eigenvalue weighted by molar-refractivity contribution is -0.161. The van der Waals surface area contributed by atoms with Crippen LogP contribution in [0.5, 0.6) is 0 Å². The van der Waals surface area contributed by atoms with Crippen molar-refractivity contribution in [3.05, 3.63) is 0 Å². The number of hydrogen-bond acceptors (Lipinski definition) is 1. The molecule has 0 heterocycles. The Balaban J connectivity index is 4.82. The summed E-state index contributed by atoms with van der Waals surface area (Å²) in [5.74, 6) is -0.975. The van der Waals surface area contributed by atoms with Crippen LogP contribution in [0, 0.1) is 0 Å². The molecule has 0 atom stereocenters. The van der Waals surface area contributed by atoms with Gasteiger partial charge in [-0.2, -0.15) is 13.2 Å². The smallest absolute Gasteiger partial charge is 0.340 e. The first-order valence-corrected chi connectivity index (χ1v) is 7.51. The molecule has 0 fully saturated rings. The van der Waals surface area contributed by atoms with Gasteiger partial charge in [-0.25, -0.2) is 0 Å². The first-order chi connectivity index (χ1) is 8.18. The molecule has 0 aliphatic carbocycles. The lowest BCUT2D eigenvalue weighted by Gasteiger charge is -2.30. The van der Waals surface area contributed by atoms with Crippen molar-refractivity contribution >= 4 is 37.8 Å². The van der Waals surface area contributed by atoms with Crippen LogP contribution >= 0.6 is 31.9 Å². The molecule has 0 saturated carbocycles. The molecule has 1 amide bonds. The molecular weight excluding hydrogens is 379 g/mol. The second-order valence-corrected chi connectivity index (χ2v) is 7.51. The Bertz CT molecular complexity index is 262. The van der Waals surface area contributed by atoms with Crippen LogP contribution in [0.1, 0.15) is 39.5 Å². The van der Waals surface area contributed by atoms with Gasteiger partial charge in [0.1, 0.15) is 0 Å². The molecule has 0 bridgehead atoms. The Morgan fingerprint density at radius 2 is 1.44 bits per heavy atom. The van der Waals surface area contributed by atoms with E-state index in [0.717, 1.165) is 12.8 Å². The molecule has 0 rings (SSSR count). The van der Waals surface area contributed by atoms with Crippen molar-refractivity contribution in [3.8, 4) is 0 Å². The lowest BCUT2D eigenvalue weighted by Crippen LogP contribution is -2.50. The van der Waals surface area contributed by atoms with E-state index in [1.807, 2.05) is 13.8 Å². The SMILES string of the molecule is CCCCN(CCCC)C(=O)C(Br)(Br)C(F)(F)F. The number of nitrogens with zero attached hydrogens (tertiary/aromatic N) is 1. The van der Waals surface area contributed by atoms with Crippen LogP contribution in [0.25, 0.3) is 0 Å². The van der Waals surface area contributed by atoms with Crippen LogP contribution in [0.15, 0.2) is 0 Å². The molecule has 0 aliphatic rings. The molecule has 0 radical (unpaired) electrons. The molecule has 0 aliphatic heterocycles. The first kappa shape index (κ1) is 18.2. The highest BCUT2D eigenvalue weighted by atomic mass is 79.9. The van der Waals surface area contributed by atoms with Crippen molar-refractivity contribution in [3.63, 3.8) is 0 Å². The van der Waals surface area contributed by atoms with Gasteiger partial charge >= 0.3 is 6.18 Å². The fourth-order valence-corrected chi connectivity index (χ4v) is 1.83. The molecule has 0 aromatic carbocycles. The number of alkyl halides is 5. The molecule has 0 aromatic heterocycles. The first-order valence-electron chi connectivity index (χ1n) is 5.92. The highest BCUT2D eigenvalue weighted by Gasteiger charge is 2.58. The van der Waals surface area contributed by atoms with Gasteiger partial charge in [0.2, 0.25) is 0 Å². The van der Waals surface area contributed by atoms with Gasteiger partial charge in [-0.05, 0) is 12.8 Å². The van der Waals surface area contributed by atoms with Gasteiger partial charge in [0, 0.05) is 13.1 Å². The van der Waals surface area contributed by atoms with E-state index in [1.54, 1.807) is 0 Å². The third-order valence-electron chi connectivity index (χ3n) is 2.48. The predicted octanol–water partition coefficient (Wildman–Crippen LogP) is 4.46. The molecule has 0 unspecified atom stereocenters. The third-order valence-corrected chi connectivity index (χ3v) is 4.05. The zero-order valence-corrected chi connectivity index (χ0v) is 13.7. The van der Waals surface area contributed by atoms with Gasteiger partial charge in [0.25, 0.3) is 9.14 Å². The lowest BCUT2D eigenvalue weighted by atomic mass is 10.2. The van der Waals surface area contributed by atoms with Crippen molar-refractivity contribution in [1.29, 1.82) is 0 Å². The number of rotatable bonds is 7. The van der Waals surface area contributed by atoms with Gasteiger partial charge in [-0.3, -0.25) is 4.79 Å².